The molecular formula is C15H28O. The lowest BCUT2D eigenvalue weighted by molar-refractivity contribution is -0.118. The summed E-state index contributed by atoms with van der Waals surface area (Å²) in [6, 6.07) is 0. The summed E-state index contributed by atoms with van der Waals surface area (Å²) in [6.07, 6.45) is 15.3. The Bertz CT molecular complexity index is 188. The Kier molecular flexibility index (Phi) is 4.69. The molecular weight excluding hydrogens is 196 g/mol. The summed E-state index contributed by atoms with van der Waals surface area (Å²) in [5.74, 6) is 0.882. The summed E-state index contributed by atoms with van der Waals surface area (Å²) >= 11 is 0. The Hall–Kier alpha value is -0.0400. The molecule has 0 unspecified atom stereocenters. The van der Waals surface area contributed by atoms with Crippen LogP contribution in [0, 0.1) is 5.92 Å². The predicted octanol–water partition coefficient (Wildman–Crippen LogP) is 4.70. The standard InChI is InChI=1S/C15H28O/c1-2-13-16-15(11-7-4-8-12-15)14-9-5-3-6-10-14/h14H,2-13H2,1H3. The average Bonchev–Trinajstić information content (AvgIpc) is 2.38. The van der Waals surface area contributed by atoms with E-state index in [1.165, 1.54) is 70.6 Å². The van der Waals surface area contributed by atoms with Crippen LogP contribution in [-0.4, -0.2) is 12.2 Å². The van der Waals surface area contributed by atoms with Crippen LogP contribution in [0.4, 0.5) is 0 Å². The van der Waals surface area contributed by atoms with Gasteiger partial charge in [-0.2, -0.15) is 0 Å². The molecule has 0 radical (unpaired) electrons. The molecule has 2 aliphatic rings. The summed E-state index contributed by atoms with van der Waals surface area (Å²) in [5.41, 5.74) is 0.300. The molecule has 0 heterocycles. The fourth-order valence-corrected chi connectivity index (χ4v) is 3.75. The normalized spacial score (nSPS) is 26.8. The second-order valence-electron chi connectivity index (χ2n) is 5.81. The molecule has 0 aromatic carbocycles. The van der Waals surface area contributed by atoms with Gasteiger partial charge in [-0.25, -0.2) is 0 Å². The Labute approximate surface area is 101 Å². The van der Waals surface area contributed by atoms with Crippen LogP contribution in [0.5, 0.6) is 0 Å². The molecule has 0 spiro atoms. The van der Waals surface area contributed by atoms with Gasteiger partial charge in [-0.3, -0.25) is 0 Å². The quantitative estimate of drug-likeness (QED) is 0.672. The summed E-state index contributed by atoms with van der Waals surface area (Å²) in [7, 11) is 0. The average molecular weight is 224 g/mol. The first-order valence-electron chi connectivity index (χ1n) is 7.51. The molecule has 0 saturated heterocycles. The second-order valence-corrected chi connectivity index (χ2v) is 5.81. The van der Waals surface area contributed by atoms with Crippen LogP contribution in [0.2, 0.25) is 0 Å². The maximum absolute atomic E-state index is 6.36. The smallest absolute Gasteiger partial charge is 0.0710 e. The van der Waals surface area contributed by atoms with Crippen molar-refractivity contribution in [1.82, 2.24) is 0 Å². The van der Waals surface area contributed by atoms with E-state index < -0.39 is 0 Å². The summed E-state index contributed by atoms with van der Waals surface area (Å²) in [5, 5.41) is 0. The van der Waals surface area contributed by atoms with E-state index in [1.54, 1.807) is 0 Å². The molecule has 0 aromatic rings. The van der Waals surface area contributed by atoms with Crippen LogP contribution in [-0.2, 0) is 4.74 Å². The van der Waals surface area contributed by atoms with Crippen molar-refractivity contribution in [3.05, 3.63) is 0 Å². The van der Waals surface area contributed by atoms with E-state index in [2.05, 4.69) is 6.92 Å². The minimum absolute atomic E-state index is 0.300. The summed E-state index contributed by atoms with van der Waals surface area (Å²) in [6.45, 7) is 3.22. The van der Waals surface area contributed by atoms with Crippen LogP contribution < -0.4 is 0 Å². The van der Waals surface area contributed by atoms with Crippen molar-refractivity contribution < 1.29 is 4.74 Å². The van der Waals surface area contributed by atoms with E-state index in [0.29, 0.717) is 5.60 Å². The van der Waals surface area contributed by atoms with Crippen molar-refractivity contribution in [2.24, 2.45) is 5.92 Å². The molecule has 16 heavy (non-hydrogen) atoms. The minimum atomic E-state index is 0.300. The lowest BCUT2D eigenvalue weighted by atomic mass is 9.69. The molecule has 2 fully saturated rings. The van der Waals surface area contributed by atoms with Gasteiger partial charge in [0.2, 0.25) is 0 Å². The first-order valence-corrected chi connectivity index (χ1v) is 7.51. The number of ether oxygens (including phenoxy) is 1. The van der Waals surface area contributed by atoms with Crippen LogP contribution in [0.25, 0.3) is 0 Å². The van der Waals surface area contributed by atoms with Crippen LogP contribution in [0.15, 0.2) is 0 Å². The van der Waals surface area contributed by atoms with Crippen LogP contribution in [0.1, 0.15) is 77.6 Å². The SMILES string of the molecule is CCCOC1(C2CCCCC2)CCCCC1. The highest BCUT2D eigenvalue weighted by molar-refractivity contribution is 4.92. The maximum atomic E-state index is 6.36. The van der Waals surface area contributed by atoms with Crippen molar-refractivity contribution in [1.29, 1.82) is 0 Å². The highest BCUT2D eigenvalue weighted by Gasteiger charge is 2.40. The molecule has 94 valence electrons. The third-order valence-electron chi connectivity index (χ3n) is 4.64. The second kappa shape index (κ2) is 6.05. The van der Waals surface area contributed by atoms with Gasteiger partial charge in [0, 0.05) is 6.61 Å². The van der Waals surface area contributed by atoms with E-state index >= 15 is 0 Å². The van der Waals surface area contributed by atoms with E-state index in [-0.39, 0.29) is 0 Å². The first kappa shape index (κ1) is 12.4. The van der Waals surface area contributed by atoms with Crippen LogP contribution in [0.3, 0.4) is 0 Å². The van der Waals surface area contributed by atoms with Gasteiger partial charge in [0.25, 0.3) is 0 Å². The van der Waals surface area contributed by atoms with Crippen molar-refractivity contribution in [3.63, 3.8) is 0 Å². The molecule has 1 nitrogen and oxygen atoms in total. The summed E-state index contributed by atoms with van der Waals surface area (Å²) < 4.78 is 6.36. The van der Waals surface area contributed by atoms with Gasteiger partial charge in [0.05, 0.1) is 5.60 Å². The number of rotatable bonds is 4. The molecule has 0 aliphatic heterocycles. The number of hydrogen-bond donors (Lipinski definition) is 0. The molecule has 2 rings (SSSR count). The minimum Gasteiger partial charge on any atom is -0.375 e. The largest absolute Gasteiger partial charge is 0.375 e. The van der Waals surface area contributed by atoms with Gasteiger partial charge in [0.1, 0.15) is 0 Å². The van der Waals surface area contributed by atoms with Gasteiger partial charge in [-0.15, -0.1) is 0 Å². The van der Waals surface area contributed by atoms with E-state index in [9.17, 15) is 0 Å². The lowest BCUT2D eigenvalue weighted by Gasteiger charge is -2.45. The summed E-state index contributed by atoms with van der Waals surface area (Å²) in [4.78, 5) is 0. The molecule has 1 heteroatoms. The zero-order chi connectivity index (χ0) is 11.3. The van der Waals surface area contributed by atoms with Crippen LogP contribution >= 0.6 is 0 Å². The molecule has 2 saturated carbocycles. The third kappa shape index (κ3) is 2.80. The van der Waals surface area contributed by atoms with E-state index in [0.717, 1.165) is 12.5 Å². The topological polar surface area (TPSA) is 9.23 Å². The van der Waals surface area contributed by atoms with Crippen molar-refractivity contribution in [2.75, 3.05) is 6.61 Å². The van der Waals surface area contributed by atoms with Gasteiger partial charge in [0.15, 0.2) is 0 Å². The fourth-order valence-electron chi connectivity index (χ4n) is 3.75. The first-order chi connectivity index (χ1) is 7.87. The Morgan fingerprint density at radius 1 is 0.938 bits per heavy atom. The van der Waals surface area contributed by atoms with E-state index in [1.807, 2.05) is 0 Å². The monoisotopic (exact) mass is 224 g/mol. The van der Waals surface area contributed by atoms with Crippen molar-refractivity contribution >= 4 is 0 Å². The fraction of sp³-hybridized carbons (Fsp3) is 1.00. The molecule has 0 bridgehead atoms. The zero-order valence-corrected chi connectivity index (χ0v) is 11.0. The highest BCUT2D eigenvalue weighted by atomic mass is 16.5. The van der Waals surface area contributed by atoms with E-state index in [4.69, 9.17) is 4.74 Å². The Morgan fingerprint density at radius 3 is 2.19 bits per heavy atom. The molecule has 0 atom stereocenters. The molecule has 0 aromatic heterocycles. The van der Waals surface area contributed by atoms with Gasteiger partial charge in [-0.05, 0) is 38.0 Å². The molecule has 0 amide bonds. The lowest BCUT2D eigenvalue weighted by Crippen LogP contribution is -2.43. The molecule has 0 N–H and O–H groups in total. The Morgan fingerprint density at radius 2 is 1.56 bits per heavy atom. The van der Waals surface area contributed by atoms with Gasteiger partial charge < -0.3 is 4.74 Å². The number of hydrogen-bond acceptors (Lipinski definition) is 1. The maximum Gasteiger partial charge on any atom is 0.0710 e. The highest BCUT2D eigenvalue weighted by Crippen LogP contribution is 2.44. The van der Waals surface area contributed by atoms with Gasteiger partial charge >= 0.3 is 0 Å². The third-order valence-corrected chi connectivity index (χ3v) is 4.64. The van der Waals surface area contributed by atoms with Crippen molar-refractivity contribution in [3.8, 4) is 0 Å². The van der Waals surface area contributed by atoms with Gasteiger partial charge in [-0.1, -0.05) is 45.4 Å². The predicted molar refractivity (Wildman–Crippen MR) is 68.6 cm³/mol. The Balaban J connectivity index is 1.99. The zero-order valence-electron chi connectivity index (χ0n) is 11.0. The molecule has 2 aliphatic carbocycles. The van der Waals surface area contributed by atoms with Crippen molar-refractivity contribution in [2.45, 2.75) is 83.2 Å².